The monoisotopic (exact) mass is 264 g/mol. The van der Waals surface area contributed by atoms with E-state index in [-0.39, 0.29) is 0 Å². The summed E-state index contributed by atoms with van der Waals surface area (Å²) in [6.45, 7) is 3.38. The fourth-order valence-electron chi connectivity index (χ4n) is 2.63. The number of nitrogens with one attached hydrogen (secondary N) is 2. The second-order valence-electron chi connectivity index (χ2n) is 4.87. The molecule has 100 valence electrons. The number of rotatable bonds is 6. The lowest BCUT2D eigenvalue weighted by molar-refractivity contribution is 0.453. The maximum Gasteiger partial charge on any atom is 0.0332 e. The van der Waals surface area contributed by atoms with Crippen LogP contribution in [-0.2, 0) is 0 Å². The Bertz CT molecular complexity index is 344. The maximum atomic E-state index is 3.58. The van der Waals surface area contributed by atoms with Crippen LogP contribution in [0, 0.1) is 0 Å². The van der Waals surface area contributed by atoms with Crippen molar-refractivity contribution < 1.29 is 0 Å². The topological polar surface area (TPSA) is 24.1 Å². The number of thioether (sulfide) groups is 1. The largest absolute Gasteiger partial charge is 0.314 e. The molecule has 0 amide bonds. The van der Waals surface area contributed by atoms with Gasteiger partial charge in [-0.3, -0.25) is 0 Å². The molecule has 3 heteroatoms. The predicted molar refractivity (Wildman–Crippen MR) is 80.3 cm³/mol. The highest BCUT2D eigenvalue weighted by atomic mass is 32.2. The molecule has 1 aliphatic heterocycles. The van der Waals surface area contributed by atoms with Gasteiger partial charge < -0.3 is 10.6 Å². The molecule has 1 aromatic carbocycles. The Morgan fingerprint density at radius 1 is 1.39 bits per heavy atom. The maximum absolute atomic E-state index is 3.58. The molecule has 1 heterocycles. The zero-order valence-electron chi connectivity index (χ0n) is 11.4. The quantitative estimate of drug-likeness (QED) is 0.772. The molecular weight excluding hydrogens is 240 g/mol. The highest BCUT2D eigenvalue weighted by Gasteiger charge is 2.19. The summed E-state index contributed by atoms with van der Waals surface area (Å²) in [5, 5.41) is 7.03. The molecule has 1 saturated heterocycles. The van der Waals surface area contributed by atoms with Crippen molar-refractivity contribution in [2.45, 2.75) is 43.2 Å². The molecule has 0 radical (unpaired) electrons. The lowest BCUT2D eigenvalue weighted by Crippen LogP contribution is -2.28. The first kappa shape index (κ1) is 13.9. The van der Waals surface area contributed by atoms with Crippen molar-refractivity contribution in [1.29, 1.82) is 0 Å². The lowest BCUT2D eigenvalue weighted by atomic mass is 9.99. The molecule has 2 unspecified atom stereocenters. The normalized spacial score (nSPS) is 21.1. The first-order chi connectivity index (χ1) is 8.83. The van der Waals surface area contributed by atoms with Crippen molar-refractivity contribution in [1.82, 2.24) is 10.6 Å². The Morgan fingerprint density at radius 2 is 2.17 bits per heavy atom. The van der Waals surface area contributed by atoms with E-state index in [0.29, 0.717) is 12.1 Å². The molecule has 2 nitrogen and oxygen atoms in total. The standard InChI is InChI=1S/C15H24N2S/c1-3-18-14-8-6-12(7-9-14)15(16-2)11-13-5-4-10-17-13/h6-9,13,15-17H,3-5,10-11H2,1-2H3. The van der Waals surface area contributed by atoms with Crippen LogP contribution in [0.25, 0.3) is 0 Å². The summed E-state index contributed by atoms with van der Waals surface area (Å²) in [6.07, 6.45) is 3.84. The summed E-state index contributed by atoms with van der Waals surface area (Å²) in [5.74, 6) is 1.14. The first-order valence-electron chi connectivity index (χ1n) is 6.97. The fraction of sp³-hybridized carbons (Fsp3) is 0.600. The minimum Gasteiger partial charge on any atom is -0.314 e. The van der Waals surface area contributed by atoms with E-state index < -0.39 is 0 Å². The SMILES string of the molecule is CCSc1ccc(C(CC2CCCN2)NC)cc1. The molecule has 1 fully saturated rings. The average Bonchev–Trinajstić information content (AvgIpc) is 2.90. The van der Waals surface area contributed by atoms with E-state index in [0.717, 1.165) is 5.75 Å². The Hall–Kier alpha value is -0.510. The smallest absolute Gasteiger partial charge is 0.0332 e. The zero-order chi connectivity index (χ0) is 12.8. The van der Waals surface area contributed by atoms with Crippen molar-refractivity contribution in [3.8, 4) is 0 Å². The van der Waals surface area contributed by atoms with Gasteiger partial charge in [0, 0.05) is 17.0 Å². The van der Waals surface area contributed by atoms with Crippen molar-refractivity contribution in [3.05, 3.63) is 29.8 Å². The predicted octanol–water partition coefficient (Wildman–Crippen LogP) is 3.20. The van der Waals surface area contributed by atoms with E-state index in [9.17, 15) is 0 Å². The molecule has 2 N–H and O–H groups in total. The van der Waals surface area contributed by atoms with Crippen LogP contribution >= 0.6 is 11.8 Å². The van der Waals surface area contributed by atoms with E-state index in [4.69, 9.17) is 0 Å². The molecule has 2 rings (SSSR count). The molecule has 1 aliphatic rings. The highest BCUT2D eigenvalue weighted by Crippen LogP contribution is 2.24. The van der Waals surface area contributed by atoms with Gasteiger partial charge in [0.15, 0.2) is 0 Å². The van der Waals surface area contributed by atoms with Crippen LogP contribution in [0.1, 0.15) is 37.8 Å². The average molecular weight is 264 g/mol. The summed E-state index contributed by atoms with van der Waals surface area (Å²) >= 11 is 1.90. The molecule has 18 heavy (non-hydrogen) atoms. The van der Waals surface area contributed by atoms with Crippen LogP contribution in [0.5, 0.6) is 0 Å². The van der Waals surface area contributed by atoms with Gasteiger partial charge in [-0.05, 0) is 56.3 Å². The van der Waals surface area contributed by atoms with Gasteiger partial charge in [0.2, 0.25) is 0 Å². The minimum absolute atomic E-state index is 0.473. The number of hydrogen-bond donors (Lipinski definition) is 2. The summed E-state index contributed by atoms with van der Waals surface area (Å²) < 4.78 is 0. The summed E-state index contributed by atoms with van der Waals surface area (Å²) in [7, 11) is 2.06. The van der Waals surface area contributed by atoms with E-state index in [2.05, 4.69) is 48.9 Å². The summed E-state index contributed by atoms with van der Waals surface area (Å²) in [5.41, 5.74) is 1.41. The zero-order valence-corrected chi connectivity index (χ0v) is 12.2. The Balaban J connectivity index is 1.97. The molecule has 0 saturated carbocycles. The van der Waals surface area contributed by atoms with E-state index in [1.54, 1.807) is 0 Å². The van der Waals surface area contributed by atoms with E-state index in [1.807, 2.05) is 11.8 Å². The van der Waals surface area contributed by atoms with Gasteiger partial charge in [-0.2, -0.15) is 0 Å². The van der Waals surface area contributed by atoms with Crippen LogP contribution in [0.4, 0.5) is 0 Å². The van der Waals surface area contributed by atoms with Gasteiger partial charge >= 0.3 is 0 Å². The Kier molecular flexibility index (Phi) is 5.54. The molecule has 0 aliphatic carbocycles. The minimum atomic E-state index is 0.473. The van der Waals surface area contributed by atoms with Gasteiger partial charge in [-0.1, -0.05) is 19.1 Å². The lowest BCUT2D eigenvalue weighted by Gasteiger charge is -2.21. The third-order valence-electron chi connectivity index (χ3n) is 3.62. The second kappa shape index (κ2) is 7.17. The van der Waals surface area contributed by atoms with E-state index >= 15 is 0 Å². The van der Waals surface area contributed by atoms with Gasteiger partial charge in [0.05, 0.1) is 0 Å². The summed E-state index contributed by atoms with van der Waals surface area (Å²) in [6, 6.07) is 10.2. The third kappa shape index (κ3) is 3.74. The highest BCUT2D eigenvalue weighted by molar-refractivity contribution is 7.99. The molecule has 0 aromatic heterocycles. The number of benzene rings is 1. The Morgan fingerprint density at radius 3 is 2.72 bits per heavy atom. The fourth-order valence-corrected chi connectivity index (χ4v) is 3.29. The van der Waals surface area contributed by atoms with E-state index in [1.165, 1.54) is 36.3 Å². The van der Waals surface area contributed by atoms with Crippen molar-refractivity contribution >= 4 is 11.8 Å². The second-order valence-corrected chi connectivity index (χ2v) is 6.21. The number of hydrogen-bond acceptors (Lipinski definition) is 3. The van der Waals surface area contributed by atoms with Crippen LogP contribution in [0.2, 0.25) is 0 Å². The van der Waals surface area contributed by atoms with Crippen LogP contribution in [0.15, 0.2) is 29.2 Å². The van der Waals surface area contributed by atoms with Gasteiger partial charge in [-0.15, -0.1) is 11.8 Å². The molecule has 0 bridgehead atoms. The molecule has 2 atom stereocenters. The Labute approximate surface area is 115 Å². The van der Waals surface area contributed by atoms with Crippen LogP contribution in [-0.4, -0.2) is 25.4 Å². The van der Waals surface area contributed by atoms with Gasteiger partial charge in [0.25, 0.3) is 0 Å². The first-order valence-corrected chi connectivity index (χ1v) is 7.95. The third-order valence-corrected chi connectivity index (χ3v) is 4.52. The van der Waals surface area contributed by atoms with Crippen molar-refractivity contribution in [3.63, 3.8) is 0 Å². The van der Waals surface area contributed by atoms with Crippen molar-refractivity contribution in [2.75, 3.05) is 19.3 Å². The molecule has 0 spiro atoms. The molecule has 1 aromatic rings. The van der Waals surface area contributed by atoms with Gasteiger partial charge in [0.1, 0.15) is 0 Å². The molecular formula is C15H24N2S. The van der Waals surface area contributed by atoms with Gasteiger partial charge in [-0.25, -0.2) is 0 Å². The van der Waals surface area contributed by atoms with Crippen molar-refractivity contribution in [2.24, 2.45) is 0 Å². The summed E-state index contributed by atoms with van der Waals surface area (Å²) in [4.78, 5) is 1.37. The van der Waals surface area contributed by atoms with Crippen LogP contribution < -0.4 is 10.6 Å². The van der Waals surface area contributed by atoms with Crippen LogP contribution in [0.3, 0.4) is 0 Å².